The van der Waals surface area contributed by atoms with Crippen molar-refractivity contribution in [2.75, 3.05) is 9.62 Å². The number of carbonyl (C=O) groups excluding carboxylic acids is 1. The molecule has 2 aromatic rings. The molecule has 0 bridgehead atoms. The fourth-order valence-electron chi connectivity index (χ4n) is 3.04. The van der Waals surface area contributed by atoms with E-state index >= 15 is 0 Å². The first-order valence-electron chi connectivity index (χ1n) is 8.36. The Hall–Kier alpha value is -2.87. The second-order valence-electron chi connectivity index (χ2n) is 6.67. The van der Waals surface area contributed by atoms with Crippen molar-refractivity contribution in [2.24, 2.45) is 0 Å². The van der Waals surface area contributed by atoms with Crippen molar-refractivity contribution >= 4 is 33.3 Å². The van der Waals surface area contributed by atoms with Crippen LogP contribution in [0.1, 0.15) is 23.1 Å². The average Bonchev–Trinajstić information content (AvgIpc) is 2.57. The number of rotatable bonds is 4. The van der Waals surface area contributed by atoms with E-state index in [4.69, 9.17) is 0 Å². The van der Waals surface area contributed by atoms with Gasteiger partial charge in [0.1, 0.15) is 6.04 Å². The van der Waals surface area contributed by atoms with Gasteiger partial charge in [-0.25, -0.2) is 8.42 Å². The number of hydrogen-bond donors (Lipinski definition) is 2. The van der Waals surface area contributed by atoms with Gasteiger partial charge in [-0.15, -0.1) is 0 Å². The van der Waals surface area contributed by atoms with Crippen molar-refractivity contribution < 1.29 is 23.1 Å². The SMILES string of the molecule is Cc1ccc(S(=O)(=O)N2c3cc(C)c(C)cc3NC(=O)C2CC(=O)O)cc1. The van der Waals surface area contributed by atoms with Gasteiger partial charge in [0, 0.05) is 0 Å². The Kier molecular flexibility index (Phi) is 4.69. The van der Waals surface area contributed by atoms with Crippen molar-refractivity contribution in [1.82, 2.24) is 0 Å². The molecule has 1 amide bonds. The number of anilines is 2. The fraction of sp³-hybridized carbons (Fsp3) is 0.263. The highest BCUT2D eigenvalue weighted by Gasteiger charge is 2.42. The van der Waals surface area contributed by atoms with E-state index in [2.05, 4.69) is 5.32 Å². The quantitative estimate of drug-likeness (QED) is 0.838. The standard InChI is InChI=1S/C19H20N2O5S/c1-11-4-6-14(7-5-11)27(25,26)21-16-9-13(3)12(2)8-15(16)20-19(24)17(21)10-18(22)23/h4-9,17H,10H2,1-3H3,(H,20,24)(H,22,23). The molecule has 0 fully saturated rings. The van der Waals surface area contributed by atoms with Crippen LogP contribution >= 0.6 is 0 Å². The van der Waals surface area contributed by atoms with E-state index in [-0.39, 0.29) is 10.6 Å². The number of carboxylic acid groups (broad SMARTS) is 1. The van der Waals surface area contributed by atoms with Crippen LogP contribution in [0.4, 0.5) is 11.4 Å². The zero-order valence-corrected chi connectivity index (χ0v) is 16.0. The normalized spacial score (nSPS) is 16.6. The summed E-state index contributed by atoms with van der Waals surface area (Å²) in [6.45, 7) is 5.51. The summed E-state index contributed by atoms with van der Waals surface area (Å²) in [5.41, 5.74) is 3.23. The molecule has 2 N–H and O–H groups in total. The second kappa shape index (κ2) is 6.70. The molecule has 0 spiro atoms. The molecule has 3 rings (SSSR count). The Labute approximate surface area is 157 Å². The molecule has 0 aliphatic carbocycles. The molecule has 1 aliphatic heterocycles. The Morgan fingerprint density at radius 3 is 2.30 bits per heavy atom. The lowest BCUT2D eigenvalue weighted by Gasteiger charge is -2.36. The van der Waals surface area contributed by atoms with E-state index in [0.29, 0.717) is 5.69 Å². The number of aliphatic carboxylic acids is 1. The number of sulfonamides is 1. The van der Waals surface area contributed by atoms with Crippen molar-refractivity contribution in [3.8, 4) is 0 Å². The topological polar surface area (TPSA) is 104 Å². The van der Waals surface area contributed by atoms with Crippen LogP contribution in [-0.4, -0.2) is 31.4 Å². The highest BCUT2D eigenvalue weighted by atomic mass is 32.2. The largest absolute Gasteiger partial charge is 0.481 e. The summed E-state index contributed by atoms with van der Waals surface area (Å²) in [5.74, 6) is -1.92. The summed E-state index contributed by atoms with van der Waals surface area (Å²) in [6, 6.07) is 8.20. The third kappa shape index (κ3) is 3.40. The highest BCUT2D eigenvalue weighted by molar-refractivity contribution is 7.93. The monoisotopic (exact) mass is 388 g/mol. The number of nitrogens with zero attached hydrogens (tertiary/aromatic N) is 1. The maximum Gasteiger partial charge on any atom is 0.306 e. The Bertz CT molecular complexity index is 1030. The smallest absolute Gasteiger partial charge is 0.306 e. The minimum Gasteiger partial charge on any atom is -0.481 e. The van der Waals surface area contributed by atoms with Crippen LogP contribution in [0.2, 0.25) is 0 Å². The van der Waals surface area contributed by atoms with E-state index in [9.17, 15) is 23.1 Å². The number of carboxylic acids is 1. The first-order valence-corrected chi connectivity index (χ1v) is 9.80. The van der Waals surface area contributed by atoms with Gasteiger partial charge in [0.2, 0.25) is 5.91 Å². The second-order valence-corrected chi connectivity index (χ2v) is 8.49. The van der Waals surface area contributed by atoms with Crippen LogP contribution in [0.5, 0.6) is 0 Å². The van der Waals surface area contributed by atoms with E-state index < -0.39 is 34.4 Å². The zero-order valence-electron chi connectivity index (χ0n) is 15.2. The zero-order chi connectivity index (χ0) is 19.9. The summed E-state index contributed by atoms with van der Waals surface area (Å²) in [7, 11) is -4.14. The molecule has 1 unspecified atom stereocenters. The van der Waals surface area contributed by atoms with Gasteiger partial charge in [-0.3, -0.25) is 13.9 Å². The third-order valence-corrected chi connectivity index (χ3v) is 6.48. The molecule has 0 radical (unpaired) electrons. The van der Waals surface area contributed by atoms with Gasteiger partial charge in [0.15, 0.2) is 0 Å². The minimum atomic E-state index is -4.14. The summed E-state index contributed by atoms with van der Waals surface area (Å²) in [4.78, 5) is 23.9. The molecular formula is C19H20N2O5S. The lowest BCUT2D eigenvalue weighted by atomic mass is 10.0. The molecule has 0 saturated heterocycles. The number of aryl methyl sites for hydroxylation is 3. The van der Waals surface area contributed by atoms with Crippen molar-refractivity contribution in [3.05, 3.63) is 53.1 Å². The van der Waals surface area contributed by atoms with Gasteiger partial charge in [0.05, 0.1) is 22.7 Å². The van der Waals surface area contributed by atoms with E-state index in [1.807, 2.05) is 20.8 Å². The molecule has 7 nitrogen and oxygen atoms in total. The van der Waals surface area contributed by atoms with Crippen molar-refractivity contribution in [3.63, 3.8) is 0 Å². The van der Waals surface area contributed by atoms with Crippen LogP contribution in [0, 0.1) is 20.8 Å². The molecule has 142 valence electrons. The number of carbonyl (C=O) groups is 2. The molecule has 8 heteroatoms. The van der Waals surface area contributed by atoms with Gasteiger partial charge in [-0.1, -0.05) is 17.7 Å². The predicted octanol–water partition coefficient (Wildman–Crippen LogP) is 2.60. The van der Waals surface area contributed by atoms with Gasteiger partial charge in [-0.05, 0) is 56.2 Å². The molecule has 1 heterocycles. The third-order valence-electron chi connectivity index (χ3n) is 4.64. The predicted molar refractivity (Wildman–Crippen MR) is 101 cm³/mol. The lowest BCUT2D eigenvalue weighted by Crippen LogP contribution is -2.51. The summed E-state index contributed by atoms with van der Waals surface area (Å²) >= 11 is 0. The lowest BCUT2D eigenvalue weighted by molar-refractivity contribution is -0.138. The van der Waals surface area contributed by atoms with Crippen molar-refractivity contribution in [2.45, 2.75) is 38.1 Å². The van der Waals surface area contributed by atoms with Crippen LogP contribution in [0.3, 0.4) is 0 Å². The van der Waals surface area contributed by atoms with Crippen molar-refractivity contribution in [1.29, 1.82) is 0 Å². The van der Waals surface area contributed by atoms with Crippen LogP contribution < -0.4 is 9.62 Å². The number of nitrogens with one attached hydrogen (secondary N) is 1. The first kappa shape index (κ1) is 18.9. The number of hydrogen-bond acceptors (Lipinski definition) is 4. The molecule has 1 aliphatic rings. The number of fused-ring (bicyclic) bond motifs is 1. The molecule has 1 atom stereocenters. The summed E-state index contributed by atoms with van der Waals surface area (Å²) < 4.78 is 27.6. The van der Waals surface area contributed by atoms with Crippen LogP contribution in [0.25, 0.3) is 0 Å². The van der Waals surface area contributed by atoms with E-state index in [1.165, 1.54) is 12.1 Å². The highest BCUT2D eigenvalue weighted by Crippen LogP contribution is 2.39. The molecular weight excluding hydrogens is 368 g/mol. The fourth-order valence-corrected chi connectivity index (χ4v) is 4.66. The molecule has 0 aromatic heterocycles. The maximum atomic E-state index is 13.3. The van der Waals surface area contributed by atoms with Gasteiger partial charge < -0.3 is 10.4 Å². The van der Waals surface area contributed by atoms with Gasteiger partial charge in [-0.2, -0.15) is 0 Å². The number of benzene rings is 2. The first-order chi connectivity index (χ1) is 12.6. The summed E-state index contributed by atoms with van der Waals surface area (Å²) in [6.07, 6.45) is -0.636. The summed E-state index contributed by atoms with van der Waals surface area (Å²) in [5, 5.41) is 11.9. The van der Waals surface area contributed by atoms with Crippen LogP contribution in [-0.2, 0) is 19.6 Å². The van der Waals surface area contributed by atoms with Gasteiger partial charge in [0.25, 0.3) is 10.0 Å². The van der Waals surface area contributed by atoms with Crippen LogP contribution in [0.15, 0.2) is 41.3 Å². The van der Waals surface area contributed by atoms with E-state index in [1.54, 1.807) is 24.3 Å². The Morgan fingerprint density at radius 1 is 1.11 bits per heavy atom. The molecule has 27 heavy (non-hydrogen) atoms. The average molecular weight is 388 g/mol. The van der Waals surface area contributed by atoms with Gasteiger partial charge >= 0.3 is 5.97 Å². The Balaban J connectivity index is 2.24. The van der Waals surface area contributed by atoms with E-state index in [0.717, 1.165) is 21.0 Å². The minimum absolute atomic E-state index is 0.00219. The number of amides is 1. The molecule has 2 aromatic carbocycles. The Morgan fingerprint density at radius 2 is 1.70 bits per heavy atom. The maximum absolute atomic E-state index is 13.3. The molecule has 0 saturated carbocycles.